The second-order valence-corrected chi connectivity index (χ2v) is 5.10. The SMILES string of the molecule is COc1ccc(-c2cc(CNC(=O)c3cccc(F)c3)on2)cc1. The minimum absolute atomic E-state index is 0.165. The smallest absolute Gasteiger partial charge is 0.251 e. The van der Waals surface area contributed by atoms with Gasteiger partial charge in [0.1, 0.15) is 17.3 Å². The van der Waals surface area contributed by atoms with Gasteiger partial charge in [0.25, 0.3) is 5.91 Å². The zero-order valence-corrected chi connectivity index (χ0v) is 13.0. The third-order valence-corrected chi connectivity index (χ3v) is 3.45. The lowest BCUT2D eigenvalue weighted by Crippen LogP contribution is -2.22. The normalized spacial score (nSPS) is 10.4. The van der Waals surface area contributed by atoms with Crippen LogP contribution >= 0.6 is 0 Å². The molecule has 122 valence electrons. The van der Waals surface area contributed by atoms with E-state index in [1.54, 1.807) is 19.2 Å². The van der Waals surface area contributed by atoms with Crippen molar-refractivity contribution in [2.75, 3.05) is 7.11 Å². The summed E-state index contributed by atoms with van der Waals surface area (Å²) in [5.74, 6) is 0.427. The third kappa shape index (κ3) is 3.60. The van der Waals surface area contributed by atoms with Gasteiger partial charge < -0.3 is 14.6 Å². The van der Waals surface area contributed by atoms with Crippen molar-refractivity contribution in [1.29, 1.82) is 0 Å². The number of nitrogens with zero attached hydrogens (tertiary/aromatic N) is 1. The van der Waals surface area contributed by atoms with Gasteiger partial charge in [-0.15, -0.1) is 0 Å². The van der Waals surface area contributed by atoms with E-state index in [9.17, 15) is 9.18 Å². The van der Waals surface area contributed by atoms with E-state index in [1.165, 1.54) is 18.2 Å². The highest BCUT2D eigenvalue weighted by atomic mass is 19.1. The number of aromatic nitrogens is 1. The van der Waals surface area contributed by atoms with Crippen molar-refractivity contribution in [2.24, 2.45) is 0 Å². The molecule has 3 rings (SSSR count). The summed E-state index contributed by atoms with van der Waals surface area (Å²) in [6.45, 7) is 0.165. The molecule has 1 aromatic heterocycles. The first-order valence-electron chi connectivity index (χ1n) is 7.29. The van der Waals surface area contributed by atoms with Gasteiger partial charge in [-0.3, -0.25) is 4.79 Å². The molecule has 0 bridgehead atoms. The van der Waals surface area contributed by atoms with E-state index in [0.29, 0.717) is 11.5 Å². The van der Waals surface area contributed by atoms with E-state index in [-0.39, 0.29) is 18.0 Å². The van der Waals surface area contributed by atoms with Gasteiger partial charge in [-0.05, 0) is 42.5 Å². The van der Waals surface area contributed by atoms with E-state index in [0.717, 1.165) is 11.3 Å². The molecule has 0 aliphatic heterocycles. The molecule has 0 saturated carbocycles. The van der Waals surface area contributed by atoms with Gasteiger partial charge >= 0.3 is 0 Å². The Balaban J connectivity index is 1.64. The van der Waals surface area contributed by atoms with Crippen LogP contribution in [0.4, 0.5) is 4.39 Å². The number of nitrogens with one attached hydrogen (secondary N) is 1. The molecule has 0 aliphatic carbocycles. The number of methoxy groups -OCH3 is 1. The molecular formula is C18H15FN2O3. The van der Waals surface area contributed by atoms with E-state index in [2.05, 4.69) is 10.5 Å². The Labute approximate surface area is 138 Å². The summed E-state index contributed by atoms with van der Waals surface area (Å²) in [5, 5.41) is 6.65. The summed E-state index contributed by atoms with van der Waals surface area (Å²) in [6.07, 6.45) is 0. The molecule has 24 heavy (non-hydrogen) atoms. The average Bonchev–Trinajstić information content (AvgIpc) is 3.09. The van der Waals surface area contributed by atoms with Crippen LogP contribution in [0.1, 0.15) is 16.1 Å². The molecule has 0 unspecified atom stereocenters. The topological polar surface area (TPSA) is 64.4 Å². The molecule has 1 amide bonds. The minimum Gasteiger partial charge on any atom is -0.497 e. The summed E-state index contributed by atoms with van der Waals surface area (Å²) in [6, 6.07) is 14.6. The molecule has 0 fully saturated rings. The summed E-state index contributed by atoms with van der Waals surface area (Å²) in [4.78, 5) is 12.0. The van der Waals surface area contributed by atoms with Crippen LogP contribution in [-0.4, -0.2) is 18.2 Å². The molecule has 0 atom stereocenters. The highest BCUT2D eigenvalue weighted by Crippen LogP contribution is 2.22. The zero-order valence-electron chi connectivity index (χ0n) is 13.0. The first-order valence-corrected chi connectivity index (χ1v) is 7.29. The number of halogens is 1. The van der Waals surface area contributed by atoms with Gasteiger partial charge in [0.2, 0.25) is 0 Å². The fourth-order valence-corrected chi connectivity index (χ4v) is 2.19. The molecule has 6 heteroatoms. The number of ether oxygens (including phenoxy) is 1. The van der Waals surface area contributed by atoms with Crippen LogP contribution in [0.25, 0.3) is 11.3 Å². The number of carbonyl (C=O) groups excluding carboxylic acids is 1. The Bertz CT molecular complexity index is 843. The van der Waals surface area contributed by atoms with Crippen molar-refractivity contribution >= 4 is 5.91 Å². The number of rotatable bonds is 5. The van der Waals surface area contributed by atoms with Crippen LogP contribution < -0.4 is 10.1 Å². The van der Waals surface area contributed by atoms with E-state index in [1.807, 2.05) is 24.3 Å². The van der Waals surface area contributed by atoms with Gasteiger partial charge in [-0.2, -0.15) is 0 Å². The molecule has 1 N–H and O–H groups in total. The predicted molar refractivity (Wildman–Crippen MR) is 86.1 cm³/mol. The largest absolute Gasteiger partial charge is 0.497 e. The quantitative estimate of drug-likeness (QED) is 0.780. The van der Waals surface area contributed by atoms with Crippen molar-refractivity contribution in [2.45, 2.75) is 6.54 Å². The predicted octanol–water partition coefficient (Wildman–Crippen LogP) is 3.42. The lowest BCUT2D eigenvalue weighted by molar-refractivity contribution is 0.0946. The second-order valence-electron chi connectivity index (χ2n) is 5.10. The maximum absolute atomic E-state index is 13.1. The standard InChI is InChI=1S/C18H15FN2O3/c1-23-15-7-5-12(6-8-15)17-10-16(24-21-17)11-20-18(22)13-3-2-4-14(19)9-13/h2-10H,11H2,1H3,(H,20,22). The van der Waals surface area contributed by atoms with Crippen molar-refractivity contribution < 1.29 is 18.4 Å². The average molecular weight is 326 g/mol. The third-order valence-electron chi connectivity index (χ3n) is 3.45. The lowest BCUT2D eigenvalue weighted by Gasteiger charge is -2.02. The van der Waals surface area contributed by atoms with Crippen LogP contribution in [-0.2, 0) is 6.54 Å². The first kappa shape index (κ1) is 15.7. The van der Waals surface area contributed by atoms with Gasteiger partial charge in [0.05, 0.1) is 13.7 Å². The number of carbonyl (C=O) groups is 1. The van der Waals surface area contributed by atoms with Crippen molar-refractivity contribution in [1.82, 2.24) is 10.5 Å². The molecule has 3 aromatic rings. The Kier molecular flexibility index (Phi) is 4.56. The molecule has 0 spiro atoms. The minimum atomic E-state index is -0.455. The first-order chi connectivity index (χ1) is 11.7. The highest BCUT2D eigenvalue weighted by molar-refractivity contribution is 5.94. The van der Waals surface area contributed by atoms with Gasteiger partial charge in [-0.25, -0.2) is 4.39 Å². The number of hydrogen-bond acceptors (Lipinski definition) is 4. The Hall–Kier alpha value is -3.15. The van der Waals surface area contributed by atoms with E-state index < -0.39 is 5.82 Å². The Morgan fingerprint density at radius 3 is 2.71 bits per heavy atom. The fourth-order valence-electron chi connectivity index (χ4n) is 2.19. The van der Waals surface area contributed by atoms with Crippen LogP contribution in [0.5, 0.6) is 5.75 Å². The Morgan fingerprint density at radius 2 is 2.00 bits per heavy atom. The molecule has 2 aromatic carbocycles. The monoisotopic (exact) mass is 326 g/mol. The highest BCUT2D eigenvalue weighted by Gasteiger charge is 2.10. The fraction of sp³-hybridized carbons (Fsp3) is 0.111. The molecule has 0 radical (unpaired) electrons. The summed E-state index contributed by atoms with van der Waals surface area (Å²) >= 11 is 0. The maximum Gasteiger partial charge on any atom is 0.251 e. The van der Waals surface area contributed by atoms with Gasteiger partial charge in [-0.1, -0.05) is 11.2 Å². The molecule has 5 nitrogen and oxygen atoms in total. The number of benzene rings is 2. The molecular weight excluding hydrogens is 311 g/mol. The van der Waals surface area contributed by atoms with Crippen molar-refractivity contribution in [3.63, 3.8) is 0 Å². The van der Waals surface area contributed by atoms with Gasteiger partial charge in [0, 0.05) is 17.2 Å². The second kappa shape index (κ2) is 6.95. The molecule has 0 aliphatic rings. The lowest BCUT2D eigenvalue weighted by atomic mass is 10.1. The van der Waals surface area contributed by atoms with Crippen LogP contribution in [0.15, 0.2) is 59.1 Å². The number of amides is 1. The summed E-state index contributed by atoms with van der Waals surface area (Å²) < 4.78 is 23.4. The van der Waals surface area contributed by atoms with E-state index >= 15 is 0 Å². The van der Waals surface area contributed by atoms with Crippen LogP contribution in [0.2, 0.25) is 0 Å². The molecule has 1 heterocycles. The Morgan fingerprint density at radius 1 is 1.21 bits per heavy atom. The van der Waals surface area contributed by atoms with E-state index in [4.69, 9.17) is 9.26 Å². The summed E-state index contributed by atoms with van der Waals surface area (Å²) in [7, 11) is 1.60. The van der Waals surface area contributed by atoms with Crippen molar-refractivity contribution in [3.8, 4) is 17.0 Å². The molecule has 0 saturated heterocycles. The van der Waals surface area contributed by atoms with Crippen LogP contribution in [0.3, 0.4) is 0 Å². The summed E-state index contributed by atoms with van der Waals surface area (Å²) in [5.41, 5.74) is 1.79. The maximum atomic E-state index is 13.1. The number of hydrogen-bond donors (Lipinski definition) is 1. The van der Waals surface area contributed by atoms with Crippen LogP contribution in [0, 0.1) is 5.82 Å². The van der Waals surface area contributed by atoms with Crippen molar-refractivity contribution in [3.05, 3.63) is 71.7 Å². The zero-order chi connectivity index (χ0) is 16.9. The van der Waals surface area contributed by atoms with Gasteiger partial charge in [0.15, 0.2) is 5.76 Å².